The summed E-state index contributed by atoms with van der Waals surface area (Å²) in [7, 11) is 0. The van der Waals surface area contributed by atoms with E-state index < -0.39 is 0 Å². The van der Waals surface area contributed by atoms with Gasteiger partial charge in [-0.2, -0.15) is 0 Å². The van der Waals surface area contributed by atoms with Gasteiger partial charge in [0.25, 0.3) is 0 Å². The molecule has 0 aliphatic heterocycles. The summed E-state index contributed by atoms with van der Waals surface area (Å²) >= 11 is 5.08. The van der Waals surface area contributed by atoms with Crippen molar-refractivity contribution >= 4 is 28.9 Å². The van der Waals surface area contributed by atoms with Crippen LogP contribution in [0.1, 0.15) is 36.6 Å². The third kappa shape index (κ3) is 3.45. The molecule has 5 nitrogen and oxygen atoms in total. The van der Waals surface area contributed by atoms with Crippen molar-refractivity contribution in [1.82, 2.24) is 10.3 Å². The normalized spacial score (nSPS) is 15.6. The van der Waals surface area contributed by atoms with E-state index in [4.69, 9.17) is 18.0 Å². The van der Waals surface area contributed by atoms with Crippen LogP contribution in [0.4, 0.5) is 5.82 Å². The van der Waals surface area contributed by atoms with Crippen molar-refractivity contribution in [3.63, 3.8) is 0 Å². The van der Waals surface area contributed by atoms with E-state index in [0.717, 1.165) is 24.1 Å². The topological polar surface area (TPSA) is 80.0 Å². The number of nitrogens with zero attached hydrogens (tertiary/aromatic N) is 1. The van der Waals surface area contributed by atoms with E-state index in [1.165, 1.54) is 0 Å². The fourth-order valence-electron chi connectivity index (χ4n) is 2.08. The molecule has 0 saturated heterocycles. The molecule has 0 radical (unpaired) electrons. The van der Waals surface area contributed by atoms with Crippen molar-refractivity contribution in [3.8, 4) is 0 Å². The van der Waals surface area contributed by atoms with Gasteiger partial charge in [-0.3, -0.25) is 4.79 Å². The molecular weight excluding hydrogens is 272 g/mol. The van der Waals surface area contributed by atoms with Gasteiger partial charge in [0.15, 0.2) is 0 Å². The highest BCUT2D eigenvalue weighted by Gasteiger charge is 2.26. The lowest BCUT2D eigenvalue weighted by molar-refractivity contribution is -0.121. The van der Waals surface area contributed by atoms with Gasteiger partial charge in [0.1, 0.15) is 16.8 Å². The lowest BCUT2D eigenvalue weighted by Gasteiger charge is -2.18. The van der Waals surface area contributed by atoms with Crippen LogP contribution in [0.5, 0.6) is 0 Å². The van der Waals surface area contributed by atoms with E-state index in [2.05, 4.69) is 15.6 Å². The van der Waals surface area contributed by atoms with Gasteiger partial charge in [-0.1, -0.05) is 12.2 Å². The van der Waals surface area contributed by atoms with Gasteiger partial charge in [-0.25, -0.2) is 4.98 Å². The number of rotatable bonds is 5. The summed E-state index contributed by atoms with van der Waals surface area (Å²) in [6, 6.07) is 1.89. The van der Waals surface area contributed by atoms with E-state index in [0.29, 0.717) is 17.4 Å². The van der Waals surface area contributed by atoms with Gasteiger partial charge in [-0.05, 0) is 45.2 Å². The predicted octanol–water partition coefficient (Wildman–Crippen LogP) is 1.41. The van der Waals surface area contributed by atoms with E-state index in [1.807, 2.05) is 19.9 Å². The van der Waals surface area contributed by atoms with Crippen molar-refractivity contribution < 1.29 is 4.79 Å². The number of carbonyl (C=O) groups excluding carboxylic acids is 1. The lowest BCUT2D eigenvalue weighted by Crippen LogP contribution is -2.39. The Balaban J connectivity index is 2.18. The standard InChI is InChI=1S/C14H20N4OS/c1-7-6-8(2)16-13(11(7)12(15)20)17-9(3)14(19)18-10-4-5-10/h6,9-10H,4-5H2,1-3H3,(H2,15,20)(H,16,17)(H,18,19). The number of pyridine rings is 1. The maximum atomic E-state index is 12.0. The largest absolute Gasteiger partial charge is 0.389 e. The highest BCUT2D eigenvalue weighted by atomic mass is 32.1. The van der Waals surface area contributed by atoms with Gasteiger partial charge < -0.3 is 16.4 Å². The molecule has 1 aliphatic carbocycles. The average Bonchev–Trinajstić information content (AvgIpc) is 3.10. The van der Waals surface area contributed by atoms with Gasteiger partial charge >= 0.3 is 0 Å². The molecular formula is C14H20N4OS. The van der Waals surface area contributed by atoms with Crippen LogP contribution in [0, 0.1) is 13.8 Å². The highest BCUT2D eigenvalue weighted by molar-refractivity contribution is 7.80. The van der Waals surface area contributed by atoms with Crippen LogP contribution in [0.25, 0.3) is 0 Å². The first-order valence-electron chi connectivity index (χ1n) is 6.73. The molecule has 108 valence electrons. The fraction of sp³-hybridized carbons (Fsp3) is 0.500. The molecule has 1 aliphatic rings. The zero-order valence-electron chi connectivity index (χ0n) is 12.0. The molecule has 1 unspecified atom stereocenters. The third-order valence-corrected chi connectivity index (χ3v) is 3.47. The first-order chi connectivity index (χ1) is 9.38. The number of aromatic nitrogens is 1. The number of aryl methyl sites for hydroxylation is 2. The first kappa shape index (κ1) is 14.7. The molecule has 1 aromatic rings. The van der Waals surface area contributed by atoms with Gasteiger partial charge in [0.05, 0.1) is 5.56 Å². The highest BCUT2D eigenvalue weighted by Crippen LogP contribution is 2.21. The molecule has 2 rings (SSSR count). The Morgan fingerprint density at radius 1 is 1.50 bits per heavy atom. The molecule has 6 heteroatoms. The van der Waals surface area contributed by atoms with E-state index in [-0.39, 0.29) is 16.9 Å². The molecule has 1 aromatic heterocycles. The van der Waals surface area contributed by atoms with Crippen LogP contribution >= 0.6 is 12.2 Å². The monoisotopic (exact) mass is 292 g/mol. The number of thiocarbonyl (C=S) groups is 1. The van der Waals surface area contributed by atoms with Crippen LogP contribution < -0.4 is 16.4 Å². The Bertz CT molecular complexity index is 554. The van der Waals surface area contributed by atoms with Crippen LogP contribution in [0.15, 0.2) is 6.07 Å². The lowest BCUT2D eigenvalue weighted by atomic mass is 10.1. The molecule has 0 aromatic carbocycles. The molecule has 1 heterocycles. The number of nitrogens with one attached hydrogen (secondary N) is 2. The zero-order chi connectivity index (χ0) is 14.9. The smallest absolute Gasteiger partial charge is 0.242 e. The van der Waals surface area contributed by atoms with Crippen molar-refractivity contribution in [2.24, 2.45) is 5.73 Å². The molecule has 1 saturated carbocycles. The second kappa shape index (κ2) is 5.75. The first-order valence-corrected chi connectivity index (χ1v) is 7.14. The van der Waals surface area contributed by atoms with Gasteiger partial charge in [0, 0.05) is 11.7 Å². The summed E-state index contributed by atoms with van der Waals surface area (Å²) in [5.74, 6) is 0.552. The number of carbonyl (C=O) groups is 1. The second-order valence-corrected chi connectivity index (χ2v) is 5.76. The second-order valence-electron chi connectivity index (χ2n) is 5.32. The summed E-state index contributed by atoms with van der Waals surface area (Å²) in [6.45, 7) is 5.64. The average molecular weight is 292 g/mol. The molecule has 1 fully saturated rings. The molecule has 0 spiro atoms. The third-order valence-electron chi connectivity index (χ3n) is 3.26. The maximum Gasteiger partial charge on any atom is 0.242 e. The van der Waals surface area contributed by atoms with Crippen molar-refractivity contribution in [2.45, 2.75) is 45.7 Å². The summed E-state index contributed by atoms with van der Waals surface area (Å²) in [5.41, 5.74) is 8.29. The van der Waals surface area contributed by atoms with Gasteiger partial charge in [-0.15, -0.1) is 0 Å². The maximum absolute atomic E-state index is 12.0. The van der Waals surface area contributed by atoms with Crippen molar-refractivity contribution in [2.75, 3.05) is 5.32 Å². The Morgan fingerprint density at radius 2 is 2.15 bits per heavy atom. The number of hydrogen-bond donors (Lipinski definition) is 3. The van der Waals surface area contributed by atoms with E-state index in [9.17, 15) is 4.79 Å². The minimum Gasteiger partial charge on any atom is -0.389 e. The minimum absolute atomic E-state index is 0.0256. The van der Waals surface area contributed by atoms with Crippen molar-refractivity contribution in [3.05, 3.63) is 22.9 Å². The van der Waals surface area contributed by atoms with Crippen LogP contribution in [-0.2, 0) is 4.79 Å². The zero-order valence-corrected chi connectivity index (χ0v) is 12.8. The quantitative estimate of drug-likeness (QED) is 0.715. The summed E-state index contributed by atoms with van der Waals surface area (Å²) in [5, 5.41) is 6.07. The van der Waals surface area contributed by atoms with E-state index in [1.54, 1.807) is 6.92 Å². The minimum atomic E-state index is -0.377. The Labute approximate surface area is 124 Å². The summed E-state index contributed by atoms with van der Waals surface area (Å²) in [4.78, 5) is 16.7. The fourth-order valence-corrected chi connectivity index (χ4v) is 2.33. The Morgan fingerprint density at radius 3 is 2.70 bits per heavy atom. The summed E-state index contributed by atoms with van der Waals surface area (Å²) in [6.07, 6.45) is 2.14. The van der Waals surface area contributed by atoms with Crippen LogP contribution in [-0.4, -0.2) is 28.0 Å². The number of amides is 1. The number of anilines is 1. The van der Waals surface area contributed by atoms with Gasteiger partial charge in [0.2, 0.25) is 5.91 Å². The number of nitrogens with two attached hydrogens (primary N) is 1. The molecule has 1 amide bonds. The molecule has 20 heavy (non-hydrogen) atoms. The Hall–Kier alpha value is -1.69. The van der Waals surface area contributed by atoms with Crippen LogP contribution in [0.3, 0.4) is 0 Å². The molecule has 1 atom stereocenters. The predicted molar refractivity (Wildman–Crippen MR) is 83.8 cm³/mol. The molecule has 4 N–H and O–H groups in total. The van der Waals surface area contributed by atoms with Crippen molar-refractivity contribution in [1.29, 1.82) is 0 Å². The summed E-state index contributed by atoms with van der Waals surface area (Å²) < 4.78 is 0. The molecule has 0 bridgehead atoms. The van der Waals surface area contributed by atoms with E-state index >= 15 is 0 Å². The SMILES string of the molecule is Cc1cc(C)c(C(N)=S)c(NC(C)C(=O)NC2CC2)n1. The Kier molecular flexibility index (Phi) is 4.23. The van der Waals surface area contributed by atoms with Crippen LogP contribution in [0.2, 0.25) is 0 Å². The number of hydrogen-bond acceptors (Lipinski definition) is 4.